The van der Waals surface area contributed by atoms with Crippen molar-refractivity contribution < 1.29 is 23.6 Å². The molecule has 0 aromatic heterocycles. The lowest BCUT2D eigenvalue weighted by molar-refractivity contribution is -0.217. The molecule has 0 aliphatic carbocycles. The van der Waals surface area contributed by atoms with E-state index in [1.54, 1.807) is 0 Å². The molecule has 0 amide bonds. The molecule has 2 unspecified atom stereocenters. The maximum Gasteiger partial charge on any atom is 0.471 e. The van der Waals surface area contributed by atoms with Crippen molar-refractivity contribution in [2.24, 2.45) is 17.8 Å². The van der Waals surface area contributed by atoms with E-state index in [1.165, 1.54) is 0 Å². The van der Waals surface area contributed by atoms with Gasteiger partial charge in [0, 0.05) is 5.92 Å². The molecule has 1 heterocycles. The molecule has 1 rings (SSSR count). The Labute approximate surface area is 96.4 Å². The fourth-order valence-corrected chi connectivity index (χ4v) is 2.72. The number of rotatable bonds is 3. The minimum Gasteiger partial charge on any atom is -0.348 e. The Kier molecular flexibility index (Phi) is 4.55. The highest BCUT2D eigenvalue weighted by molar-refractivity contribution is 7.46. The van der Waals surface area contributed by atoms with Crippen LogP contribution >= 0.6 is 7.82 Å². The second-order valence-electron chi connectivity index (χ2n) is 4.62. The Bertz CT molecular complexity index is 274. The molecule has 0 spiro atoms. The summed E-state index contributed by atoms with van der Waals surface area (Å²) in [5, 5.41) is 0. The molecular weight excluding hydrogens is 231 g/mol. The first kappa shape index (κ1) is 14.1. The van der Waals surface area contributed by atoms with Crippen LogP contribution in [0.2, 0.25) is 0 Å². The average molecular weight is 252 g/mol. The van der Waals surface area contributed by atoms with E-state index in [9.17, 15) is 4.57 Å². The molecule has 0 saturated carbocycles. The van der Waals surface area contributed by atoms with Crippen LogP contribution < -0.4 is 0 Å². The standard InChI is InChI=1S/C10H21O5P/c1-5-9-7(3)6(2)8(4)10(14-9)15-16(11,12)13/h6-10H,5H2,1-4H3,(H2,11,12,13)/t6-,7-,8?,9?,10+/m0/s1. The summed E-state index contributed by atoms with van der Waals surface area (Å²) in [6.07, 6.45) is 0.0129. The molecule has 0 aromatic rings. The van der Waals surface area contributed by atoms with Gasteiger partial charge in [-0.2, -0.15) is 0 Å². The van der Waals surface area contributed by atoms with Crippen LogP contribution in [0, 0.1) is 17.8 Å². The summed E-state index contributed by atoms with van der Waals surface area (Å²) in [4.78, 5) is 17.6. The van der Waals surface area contributed by atoms with Gasteiger partial charge >= 0.3 is 7.82 Å². The first-order valence-corrected chi connectivity index (χ1v) is 7.18. The zero-order valence-corrected chi connectivity index (χ0v) is 11.1. The second kappa shape index (κ2) is 5.15. The van der Waals surface area contributed by atoms with Crippen LogP contribution in [0.5, 0.6) is 0 Å². The zero-order valence-electron chi connectivity index (χ0n) is 10.2. The molecule has 16 heavy (non-hydrogen) atoms. The Balaban J connectivity index is 2.75. The highest BCUT2D eigenvalue weighted by Gasteiger charge is 2.41. The van der Waals surface area contributed by atoms with Gasteiger partial charge in [-0.15, -0.1) is 0 Å². The fraction of sp³-hybridized carbons (Fsp3) is 1.00. The van der Waals surface area contributed by atoms with Crippen LogP contribution in [0.4, 0.5) is 0 Å². The molecule has 5 atom stereocenters. The highest BCUT2D eigenvalue weighted by atomic mass is 31.2. The molecule has 1 saturated heterocycles. The van der Waals surface area contributed by atoms with Gasteiger partial charge in [0.1, 0.15) is 0 Å². The van der Waals surface area contributed by atoms with E-state index < -0.39 is 14.1 Å². The van der Waals surface area contributed by atoms with E-state index in [-0.39, 0.29) is 12.0 Å². The SMILES string of the molecule is CCC1O[C@H](OP(=O)(O)O)C(C)[C@@H](C)[C@@H]1C. The Hall–Kier alpha value is 0.0700. The molecule has 0 radical (unpaired) electrons. The lowest BCUT2D eigenvalue weighted by Crippen LogP contribution is -2.45. The van der Waals surface area contributed by atoms with Gasteiger partial charge in [0.25, 0.3) is 0 Å². The second-order valence-corrected chi connectivity index (χ2v) is 5.82. The molecular formula is C10H21O5P. The van der Waals surface area contributed by atoms with Gasteiger partial charge in [-0.25, -0.2) is 4.57 Å². The summed E-state index contributed by atoms with van der Waals surface area (Å²) in [6.45, 7) is 8.06. The summed E-state index contributed by atoms with van der Waals surface area (Å²) < 4.78 is 21.1. The van der Waals surface area contributed by atoms with Crippen molar-refractivity contribution in [1.82, 2.24) is 0 Å². The lowest BCUT2D eigenvalue weighted by Gasteiger charge is -2.42. The highest BCUT2D eigenvalue weighted by Crippen LogP contribution is 2.45. The van der Waals surface area contributed by atoms with Crippen molar-refractivity contribution in [3.05, 3.63) is 0 Å². The fourth-order valence-electron chi connectivity index (χ4n) is 2.21. The van der Waals surface area contributed by atoms with Gasteiger partial charge in [-0.05, 0) is 18.3 Å². The molecule has 5 nitrogen and oxygen atoms in total. The van der Waals surface area contributed by atoms with E-state index in [1.807, 2.05) is 13.8 Å². The molecule has 2 N–H and O–H groups in total. The molecule has 1 aliphatic heterocycles. The summed E-state index contributed by atoms with van der Waals surface area (Å²) >= 11 is 0. The van der Waals surface area contributed by atoms with Gasteiger partial charge in [-0.3, -0.25) is 4.52 Å². The number of phosphoric ester groups is 1. The van der Waals surface area contributed by atoms with Crippen LogP contribution in [0.3, 0.4) is 0 Å². The van der Waals surface area contributed by atoms with Crippen molar-refractivity contribution >= 4 is 7.82 Å². The predicted octanol–water partition coefficient (Wildman–Crippen LogP) is 2.14. The van der Waals surface area contributed by atoms with Gasteiger partial charge in [0.2, 0.25) is 0 Å². The van der Waals surface area contributed by atoms with Gasteiger partial charge in [0.15, 0.2) is 6.29 Å². The summed E-state index contributed by atoms with van der Waals surface area (Å²) in [7, 11) is -4.48. The molecule has 0 aromatic carbocycles. The van der Waals surface area contributed by atoms with E-state index in [2.05, 4.69) is 18.4 Å². The van der Waals surface area contributed by atoms with E-state index >= 15 is 0 Å². The topological polar surface area (TPSA) is 76.0 Å². The third kappa shape index (κ3) is 3.28. The summed E-state index contributed by atoms with van der Waals surface area (Å²) in [6, 6.07) is 0. The normalized spacial score (nSPS) is 41.0. The monoisotopic (exact) mass is 252 g/mol. The van der Waals surface area contributed by atoms with Gasteiger partial charge in [0.05, 0.1) is 6.10 Å². The third-order valence-electron chi connectivity index (χ3n) is 3.63. The minimum absolute atomic E-state index is 0.00255. The molecule has 96 valence electrons. The van der Waals surface area contributed by atoms with E-state index in [0.29, 0.717) is 11.8 Å². The van der Waals surface area contributed by atoms with E-state index in [4.69, 9.17) is 14.5 Å². The number of hydrogen-bond donors (Lipinski definition) is 2. The van der Waals surface area contributed by atoms with Crippen molar-refractivity contribution in [1.29, 1.82) is 0 Å². The molecule has 6 heteroatoms. The largest absolute Gasteiger partial charge is 0.471 e. The summed E-state index contributed by atoms with van der Waals surface area (Å²) in [5.41, 5.74) is 0. The van der Waals surface area contributed by atoms with Crippen LogP contribution in [-0.2, 0) is 13.8 Å². The van der Waals surface area contributed by atoms with Gasteiger partial charge in [-0.1, -0.05) is 27.7 Å². The maximum atomic E-state index is 10.8. The number of phosphoric acid groups is 1. The molecule has 0 bridgehead atoms. The molecule has 1 aliphatic rings. The predicted molar refractivity (Wildman–Crippen MR) is 59.6 cm³/mol. The van der Waals surface area contributed by atoms with E-state index in [0.717, 1.165) is 6.42 Å². The zero-order chi connectivity index (χ0) is 12.5. The number of hydrogen-bond acceptors (Lipinski definition) is 3. The molecule has 1 fully saturated rings. The quantitative estimate of drug-likeness (QED) is 0.752. The van der Waals surface area contributed by atoms with Crippen LogP contribution in [-0.4, -0.2) is 22.2 Å². The van der Waals surface area contributed by atoms with Crippen molar-refractivity contribution in [3.8, 4) is 0 Å². The maximum absolute atomic E-state index is 10.8. The van der Waals surface area contributed by atoms with Crippen LogP contribution in [0.15, 0.2) is 0 Å². The van der Waals surface area contributed by atoms with Crippen molar-refractivity contribution in [3.63, 3.8) is 0 Å². The Morgan fingerprint density at radius 1 is 1.19 bits per heavy atom. The summed E-state index contributed by atoms with van der Waals surface area (Å²) in [5.74, 6) is 0.664. The van der Waals surface area contributed by atoms with Crippen molar-refractivity contribution in [2.45, 2.75) is 46.5 Å². The number of ether oxygens (including phenoxy) is 1. The Morgan fingerprint density at radius 3 is 2.19 bits per heavy atom. The first-order valence-electron chi connectivity index (χ1n) is 5.65. The minimum atomic E-state index is -4.48. The third-order valence-corrected chi connectivity index (χ3v) is 4.11. The average Bonchev–Trinajstić information content (AvgIpc) is 2.17. The van der Waals surface area contributed by atoms with Crippen molar-refractivity contribution in [2.75, 3.05) is 0 Å². The van der Waals surface area contributed by atoms with Crippen LogP contribution in [0.1, 0.15) is 34.1 Å². The van der Waals surface area contributed by atoms with Crippen LogP contribution in [0.25, 0.3) is 0 Å². The first-order chi connectivity index (χ1) is 7.26. The smallest absolute Gasteiger partial charge is 0.348 e. The lowest BCUT2D eigenvalue weighted by atomic mass is 9.78. The Morgan fingerprint density at radius 2 is 1.75 bits per heavy atom. The van der Waals surface area contributed by atoms with Gasteiger partial charge < -0.3 is 14.5 Å².